The summed E-state index contributed by atoms with van der Waals surface area (Å²) in [5.41, 5.74) is 0. The van der Waals surface area contributed by atoms with Gasteiger partial charge in [0.2, 0.25) is 0 Å². The van der Waals surface area contributed by atoms with Crippen molar-refractivity contribution in [2.24, 2.45) is 0 Å². The number of alkyl halides is 3. The van der Waals surface area contributed by atoms with Gasteiger partial charge in [0.1, 0.15) is 10.9 Å². The van der Waals surface area contributed by atoms with Crippen LogP contribution in [0.4, 0.5) is 13.2 Å². The molecule has 0 amide bonds. The zero-order chi connectivity index (χ0) is 8.48. The molecule has 0 atom stereocenters. The first-order valence-corrected chi connectivity index (χ1v) is 3.29. The van der Waals surface area contributed by atoms with Crippen LogP contribution in [0.5, 0.6) is 0 Å². The quantitative estimate of drug-likeness (QED) is 0.609. The summed E-state index contributed by atoms with van der Waals surface area (Å²) in [6.45, 7) is 0. The van der Waals surface area contributed by atoms with Gasteiger partial charge in [-0.1, -0.05) is 11.3 Å². The topological polar surface area (TPSA) is 36.7 Å². The first-order valence-electron chi connectivity index (χ1n) is 2.47. The summed E-state index contributed by atoms with van der Waals surface area (Å²) < 4.78 is 35.4. The molecule has 0 radical (unpaired) electrons. The molecule has 0 spiro atoms. The van der Waals surface area contributed by atoms with Gasteiger partial charge < -0.3 is 0 Å². The molecule has 0 bridgehead atoms. The van der Waals surface area contributed by atoms with Gasteiger partial charge in [0.05, 0.1) is 6.20 Å². The number of hydrogen-bond donors (Lipinski definition) is 0. The molecular formula is C5HF3N2S. The van der Waals surface area contributed by atoms with Crippen molar-refractivity contribution in [3.05, 3.63) is 16.1 Å². The van der Waals surface area contributed by atoms with Crippen LogP contribution in [0.2, 0.25) is 0 Å². The van der Waals surface area contributed by atoms with Crippen molar-refractivity contribution < 1.29 is 13.2 Å². The van der Waals surface area contributed by atoms with Crippen LogP contribution < -0.4 is 0 Å². The summed E-state index contributed by atoms with van der Waals surface area (Å²) in [6, 6.07) is 1.53. The molecule has 0 aliphatic carbocycles. The molecule has 0 aliphatic rings. The maximum Gasteiger partial charge on any atom is 0.427 e. The number of halogens is 3. The molecule has 0 saturated heterocycles. The highest BCUT2D eigenvalue weighted by Gasteiger charge is 2.33. The minimum absolute atomic E-state index is 0.169. The van der Waals surface area contributed by atoms with Crippen LogP contribution in [0, 0.1) is 11.3 Å². The summed E-state index contributed by atoms with van der Waals surface area (Å²) in [7, 11) is 0. The number of nitriles is 1. The lowest BCUT2D eigenvalue weighted by Crippen LogP contribution is -2.00. The molecule has 2 nitrogen and oxygen atoms in total. The van der Waals surface area contributed by atoms with Gasteiger partial charge in [-0.15, -0.1) is 0 Å². The fourth-order valence-corrected chi connectivity index (χ4v) is 1.04. The SMILES string of the molecule is N#Cc1ncc(C(F)(F)F)s1. The van der Waals surface area contributed by atoms with Crippen LogP contribution in [0.25, 0.3) is 0 Å². The highest BCUT2D eigenvalue weighted by Crippen LogP contribution is 2.32. The first-order chi connectivity index (χ1) is 5.04. The van der Waals surface area contributed by atoms with E-state index in [2.05, 4.69) is 4.98 Å². The highest BCUT2D eigenvalue weighted by molar-refractivity contribution is 7.12. The molecule has 1 aromatic heterocycles. The van der Waals surface area contributed by atoms with Crippen molar-refractivity contribution >= 4 is 11.3 Å². The Morgan fingerprint density at radius 3 is 2.45 bits per heavy atom. The maximum atomic E-state index is 11.8. The third-order valence-electron chi connectivity index (χ3n) is 0.881. The number of rotatable bonds is 0. The van der Waals surface area contributed by atoms with Gasteiger partial charge in [0.25, 0.3) is 0 Å². The molecule has 1 rings (SSSR count). The molecule has 0 saturated carbocycles. The third kappa shape index (κ3) is 1.68. The van der Waals surface area contributed by atoms with Gasteiger partial charge in [-0.05, 0) is 0 Å². The molecule has 1 aromatic rings. The van der Waals surface area contributed by atoms with Gasteiger partial charge in [0.15, 0.2) is 5.01 Å². The average molecular weight is 178 g/mol. The smallest absolute Gasteiger partial charge is 0.234 e. The van der Waals surface area contributed by atoms with Crippen LogP contribution in [-0.2, 0) is 6.18 Å². The second-order valence-corrected chi connectivity index (χ2v) is 2.67. The normalized spacial score (nSPS) is 11.1. The van der Waals surface area contributed by atoms with Gasteiger partial charge in [-0.2, -0.15) is 18.4 Å². The maximum absolute atomic E-state index is 11.8. The molecule has 11 heavy (non-hydrogen) atoms. The molecule has 0 unspecified atom stereocenters. The minimum atomic E-state index is -4.38. The second kappa shape index (κ2) is 2.51. The number of hydrogen-bond acceptors (Lipinski definition) is 3. The molecule has 0 N–H and O–H groups in total. The Labute approximate surface area is 63.9 Å². The molecule has 0 aliphatic heterocycles. The predicted molar refractivity (Wildman–Crippen MR) is 31.8 cm³/mol. The Morgan fingerprint density at radius 2 is 2.18 bits per heavy atom. The molecule has 1 heterocycles. The lowest BCUT2D eigenvalue weighted by molar-refractivity contribution is -0.134. The van der Waals surface area contributed by atoms with Gasteiger partial charge in [-0.3, -0.25) is 0 Å². The molecule has 0 fully saturated rings. The van der Waals surface area contributed by atoms with Crippen LogP contribution in [0.15, 0.2) is 6.20 Å². The summed E-state index contributed by atoms with van der Waals surface area (Å²) in [5.74, 6) is 0. The van der Waals surface area contributed by atoms with Crippen molar-refractivity contribution in [1.82, 2.24) is 4.98 Å². The van der Waals surface area contributed by atoms with Crippen molar-refractivity contribution in [1.29, 1.82) is 5.26 Å². The zero-order valence-corrected chi connectivity index (χ0v) is 5.83. The van der Waals surface area contributed by atoms with Crippen molar-refractivity contribution in [3.8, 4) is 6.07 Å². The molecule has 0 aromatic carbocycles. The Balaban J connectivity index is 3.01. The minimum Gasteiger partial charge on any atom is -0.234 e. The lowest BCUT2D eigenvalue weighted by Gasteiger charge is -1.98. The highest BCUT2D eigenvalue weighted by atomic mass is 32.1. The standard InChI is InChI=1S/C5HF3N2S/c6-5(7,8)3-2-10-4(1-9)11-3/h2H. The van der Waals surface area contributed by atoms with Gasteiger partial charge >= 0.3 is 6.18 Å². The van der Waals surface area contributed by atoms with Crippen molar-refractivity contribution in [3.63, 3.8) is 0 Å². The average Bonchev–Trinajstić information content (AvgIpc) is 2.32. The van der Waals surface area contributed by atoms with E-state index in [-0.39, 0.29) is 5.01 Å². The van der Waals surface area contributed by atoms with E-state index in [1.54, 1.807) is 0 Å². The summed E-state index contributed by atoms with van der Waals surface area (Å²) in [4.78, 5) is 2.40. The number of nitrogens with zero attached hydrogens (tertiary/aromatic N) is 2. The number of aromatic nitrogens is 1. The van der Waals surface area contributed by atoms with E-state index >= 15 is 0 Å². The number of thiazole rings is 1. The zero-order valence-electron chi connectivity index (χ0n) is 5.01. The van der Waals surface area contributed by atoms with E-state index in [9.17, 15) is 13.2 Å². The summed E-state index contributed by atoms with van der Waals surface area (Å²) in [6.07, 6.45) is -3.73. The summed E-state index contributed by atoms with van der Waals surface area (Å²) in [5, 5.41) is 7.98. The monoisotopic (exact) mass is 178 g/mol. The van der Waals surface area contributed by atoms with Gasteiger partial charge in [-0.25, -0.2) is 4.98 Å². The van der Waals surface area contributed by atoms with Crippen LogP contribution in [-0.4, -0.2) is 4.98 Å². The fourth-order valence-electron chi connectivity index (χ4n) is 0.457. The van der Waals surface area contributed by atoms with E-state index in [1.807, 2.05) is 0 Å². The predicted octanol–water partition coefficient (Wildman–Crippen LogP) is 2.03. The largest absolute Gasteiger partial charge is 0.427 e. The Hall–Kier alpha value is -1.09. The fraction of sp³-hybridized carbons (Fsp3) is 0.200. The Morgan fingerprint density at radius 1 is 1.55 bits per heavy atom. The second-order valence-electron chi connectivity index (χ2n) is 1.64. The van der Waals surface area contributed by atoms with E-state index in [4.69, 9.17) is 5.26 Å². The van der Waals surface area contributed by atoms with Gasteiger partial charge in [0, 0.05) is 0 Å². The Bertz CT molecular complexity index is 295. The van der Waals surface area contributed by atoms with Crippen LogP contribution in [0.1, 0.15) is 9.88 Å². The lowest BCUT2D eigenvalue weighted by atomic mass is 10.5. The Kier molecular flexibility index (Phi) is 1.83. The van der Waals surface area contributed by atoms with Crippen LogP contribution >= 0.6 is 11.3 Å². The molecule has 58 valence electrons. The molecule has 6 heteroatoms. The van der Waals surface area contributed by atoms with E-state index < -0.39 is 11.1 Å². The van der Waals surface area contributed by atoms with E-state index in [0.29, 0.717) is 17.5 Å². The van der Waals surface area contributed by atoms with E-state index in [0.717, 1.165) is 0 Å². The summed E-state index contributed by atoms with van der Waals surface area (Å²) >= 11 is 0.343. The van der Waals surface area contributed by atoms with E-state index in [1.165, 1.54) is 6.07 Å². The third-order valence-corrected chi connectivity index (χ3v) is 1.83. The van der Waals surface area contributed by atoms with Crippen molar-refractivity contribution in [2.75, 3.05) is 0 Å². The van der Waals surface area contributed by atoms with Crippen molar-refractivity contribution in [2.45, 2.75) is 6.18 Å². The first kappa shape index (κ1) is 8.01. The van der Waals surface area contributed by atoms with Crippen LogP contribution in [0.3, 0.4) is 0 Å². The molecular weight excluding hydrogens is 177 g/mol.